The van der Waals surface area contributed by atoms with Crippen LogP contribution < -0.4 is 5.48 Å². The van der Waals surface area contributed by atoms with Crippen LogP contribution in [0.15, 0.2) is 0 Å². The molecule has 0 radical (unpaired) electrons. The highest BCUT2D eigenvalue weighted by atomic mass is 17.3. The minimum atomic E-state index is -2.07. The summed E-state index contributed by atoms with van der Waals surface area (Å²) >= 11 is 0. The summed E-state index contributed by atoms with van der Waals surface area (Å²) in [5.74, 6) is 0. The lowest BCUT2D eigenvalue weighted by atomic mass is 9.96. The molecule has 0 aromatic rings. The van der Waals surface area contributed by atoms with Crippen molar-refractivity contribution in [2.45, 2.75) is 154 Å². The first-order valence-corrected chi connectivity index (χ1v) is 18.4. The lowest BCUT2D eigenvalue weighted by Gasteiger charge is -2.47. The number of aliphatic hydroxyl groups excluding tert-OH is 16. The van der Waals surface area contributed by atoms with E-state index in [1.165, 1.54) is 0 Å². The fourth-order valence-electron chi connectivity index (χ4n) is 6.99. The van der Waals surface area contributed by atoms with Gasteiger partial charge in [-0.1, -0.05) is 0 Å². The maximum Gasteiger partial charge on any atom is 0.187 e. The van der Waals surface area contributed by atoms with Crippen LogP contribution in [0.2, 0.25) is 0 Å². The molecule has 28 heteroatoms. The summed E-state index contributed by atoms with van der Waals surface area (Å²) in [6.07, 6.45) is -45.7. The normalized spacial score (nSPS) is 51.1. The van der Waals surface area contributed by atoms with Gasteiger partial charge < -0.3 is 124 Å². The summed E-state index contributed by atoms with van der Waals surface area (Å²) in [4.78, 5) is 8.94. The van der Waals surface area contributed by atoms with Crippen LogP contribution in [0.3, 0.4) is 0 Å². The fraction of sp³-hybridized carbons (Fsp3) is 1.00. The standard InChI is InChI=1S/C31H55NO27/c1-49-59-32-2-7-12(35)16(39)23(46)29(53-7)58-26-19(42)15(38)11(5-50-28-22(45)17(40)13(36)8(3-33)54-28)56-31(26)51-6-10-14(37)18(41)24(47)30(55-10)57-25-9(4-34)52-27(48)21(44)20(25)43/h7-48H,2-6H2,1H3/t7-,8+,9+,10+,11+,12-,13+,14+,15+,16+,17-,18-,19-,20+,21+,22+,23-,24+,25+,26+,27-,28-,29?,30+,31-/m0/s1. The molecule has 5 aliphatic heterocycles. The van der Waals surface area contributed by atoms with Crippen molar-refractivity contribution in [3.63, 3.8) is 0 Å². The lowest BCUT2D eigenvalue weighted by molar-refractivity contribution is -0.382. The van der Waals surface area contributed by atoms with E-state index in [9.17, 15) is 81.7 Å². The first kappa shape index (κ1) is 48.9. The molecule has 5 rings (SSSR count). The van der Waals surface area contributed by atoms with Crippen LogP contribution in [0.5, 0.6) is 0 Å². The van der Waals surface area contributed by atoms with Gasteiger partial charge in [-0.15, -0.1) is 4.99 Å². The van der Waals surface area contributed by atoms with Gasteiger partial charge in [-0.2, -0.15) is 5.48 Å². The molecule has 5 heterocycles. The number of ether oxygens (including phenoxy) is 9. The zero-order valence-corrected chi connectivity index (χ0v) is 31.1. The van der Waals surface area contributed by atoms with Gasteiger partial charge in [0.05, 0.1) is 40.1 Å². The average molecular weight is 874 g/mol. The highest BCUT2D eigenvalue weighted by molar-refractivity contribution is 4.97. The van der Waals surface area contributed by atoms with Crippen molar-refractivity contribution in [3.8, 4) is 0 Å². The third-order valence-electron chi connectivity index (χ3n) is 10.5. The topological polar surface area (TPSA) is 437 Å². The van der Waals surface area contributed by atoms with Crippen molar-refractivity contribution in [1.29, 1.82) is 0 Å². The molecule has 5 aliphatic rings. The molecular weight excluding hydrogens is 818 g/mol. The highest BCUT2D eigenvalue weighted by Crippen LogP contribution is 2.33. The molecule has 28 nitrogen and oxygen atoms in total. The molecule has 0 spiro atoms. The van der Waals surface area contributed by atoms with Crippen LogP contribution >= 0.6 is 0 Å². The first-order chi connectivity index (χ1) is 27.9. The van der Waals surface area contributed by atoms with Crippen molar-refractivity contribution in [3.05, 3.63) is 0 Å². The summed E-state index contributed by atoms with van der Waals surface area (Å²) in [6, 6.07) is 0. The predicted octanol–water partition coefficient (Wildman–Crippen LogP) is -11.8. The quantitative estimate of drug-likeness (QED) is 0.0389. The van der Waals surface area contributed by atoms with Gasteiger partial charge >= 0.3 is 0 Å². The summed E-state index contributed by atoms with van der Waals surface area (Å²) in [6.45, 7) is -3.65. The minimum Gasteiger partial charge on any atom is -0.394 e. The van der Waals surface area contributed by atoms with Gasteiger partial charge in [0.25, 0.3) is 0 Å². The summed E-state index contributed by atoms with van der Waals surface area (Å²) in [7, 11) is 1.15. The Kier molecular flexibility index (Phi) is 17.8. The van der Waals surface area contributed by atoms with Gasteiger partial charge in [0.1, 0.15) is 122 Å². The number of nitrogens with one attached hydrogen (secondary N) is 1. The lowest BCUT2D eigenvalue weighted by Crippen LogP contribution is -2.66. The molecule has 346 valence electrons. The van der Waals surface area contributed by atoms with Gasteiger partial charge in [0.2, 0.25) is 0 Å². The molecule has 17 N–H and O–H groups in total. The molecule has 0 amide bonds. The summed E-state index contributed by atoms with van der Waals surface area (Å²) in [5, 5.41) is 167. The van der Waals surface area contributed by atoms with Gasteiger partial charge in [-0.25, -0.2) is 4.89 Å². The largest absolute Gasteiger partial charge is 0.394 e. The van der Waals surface area contributed by atoms with Crippen LogP contribution in [0.25, 0.3) is 0 Å². The van der Waals surface area contributed by atoms with Gasteiger partial charge in [-0.05, 0) is 0 Å². The van der Waals surface area contributed by atoms with E-state index < -0.39 is 180 Å². The molecule has 1 unspecified atom stereocenters. The second kappa shape index (κ2) is 21.5. The van der Waals surface area contributed by atoms with Crippen molar-refractivity contribution in [1.82, 2.24) is 5.48 Å². The molecule has 0 aromatic carbocycles. The molecule has 5 fully saturated rings. The number of rotatable bonds is 16. The van der Waals surface area contributed by atoms with E-state index in [-0.39, 0.29) is 6.54 Å². The molecule has 0 aromatic heterocycles. The number of hydroxylamine groups is 1. The Balaban J connectivity index is 1.34. The first-order valence-electron chi connectivity index (χ1n) is 18.4. The fourth-order valence-corrected chi connectivity index (χ4v) is 6.99. The van der Waals surface area contributed by atoms with E-state index >= 15 is 0 Å². The third kappa shape index (κ3) is 10.8. The van der Waals surface area contributed by atoms with E-state index in [4.69, 9.17) is 42.6 Å². The number of hydrogen-bond acceptors (Lipinski definition) is 28. The molecule has 5 saturated heterocycles. The van der Waals surface area contributed by atoms with E-state index in [0.29, 0.717) is 0 Å². The van der Waals surface area contributed by atoms with E-state index in [2.05, 4.69) is 15.4 Å². The SMILES string of the molecule is COONC[C@@H]1OC(O[C@H]2[C@@H](OC[C@H]3O[C@H](O[C@H]4[C@H](O)[C@@H](O)[C@@H](O)O[C@@H]4CO)[C@H](O)[C@@H](O)[C@@H]3O)O[C@H](CO[C@H]3O[C@H](CO)[C@@H](O)[C@H](O)[C@H]3O)[C@@H](O)[C@@H]2O)[C@@H](O)[C@H](O)[C@H]1O. The monoisotopic (exact) mass is 873 g/mol. The minimum absolute atomic E-state index is 0.362. The van der Waals surface area contributed by atoms with Gasteiger partial charge in [-0.3, -0.25) is 0 Å². The number of aliphatic hydroxyl groups is 16. The zero-order chi connectivity index (χ0) is 43.5. The van der Waals surface area contributed by atoms with Gasteiger partial charge in [0.15, 0.2) is 31.5 Å². The second-order valence-electron chi connectivity index (χ2n) is 14.4. The molecule has 0 saturated carbocycles. The molecule has 59 heavy (non-hydrogen) atoms. The van der Waals surface area contributed by atoms with Crippen molar-refractivity contribution < 1.29 is 134 Å². The average Bonchev–Trinajstić information content (AvgIpc) is 3.22. The van der Waals surface area contributed by atoms with Gasteiger partial charge in [0, 0.05) is 0 Å². The molecular formula is C31H55NO27. The molecule has 0 bridgehead atoms. The Morgan fingerprint density at radius 2 is 0.831 bits per heavy atom. The maximum absolute atomic E-state index is 11.4. The van der Waals surface area contributed by atoms with Crippen LogP contribution in [-0.2, 0) is 52.5 Å². The second-order valence-corrected chi connectivity index (χ2v) is 14.4. The number of hydrogen-bond donors (Lipinski definition) is 17. The Morgan fingerprint density at radius 1 is 0.407 bits per heavy atom. The summed E-state index contributed by atoms with van der Waals surface area (Å²) in [5.41, 5.74) is 2.27. The molecule has 0 aliphatic carbocycles. The Hall–Kier alpha value is -1.12. The van der Waals surface area contributed by atoms with Crippen LogP contribution in [0.4, 0.5) is 0 Å². The van der Waals surface area contributed by atoms with Crippen molar-refractivity contribution in [2.24, 2.45) is 0 Å². The highest BCUT2D eigenvalue weighted by Gasteiger charge is 2.54. The van der Waals surface area contributed by atoms with E-state index in [1.807, 2.05) is 0 Å². The van der Waals surface area contributed by atoms with Crippen molar-refractivity contribution in [2.75, 3.05) is 40.1 Å². The van der Waals surface area contributed by atoms with Crippen LogP contribution in [-0.4, -0.2) is 275 Å². The van der Waals surface area contributed by atoms with Crippen molar-refractivity contribution >= 4 is 0 Å². The predicted molar refractivity (Wildman–Crippen MR) is 176 cm³/mol. The third-order valence-corrected chi connectivity index (χ3v) is 10.5. The zero-order valence-electron chi connectivity index (χ0n) is 31.1. The smallest absolute Gasteiger partial charge is 0.187 e. The maximum atomic E-state index is 11.4. The van der Waals surface area contributed by atoms with Crippen LogP contribution in [0.1, 0.15) is 0 Å². The van der Waals surface area contributed by atoms with E-state index in [1.54, 1.807) is 0 Å². The van der Waals surface area contributed by atoms with E-state index in [0.717, 1.165) is 7.11 Å². The Bertz CT molecular complexity index is 1260. The molecule has 25 atom stereocenters. The summed E-state index contributed by atoms with van der Waals surface area (Å²) < 4.78 is 50.0. The Labute approximate surface area is 333 Å². The Morgan fingerprint density at radius 3 is 1.39 bits per heavy atom. The van der Waals surface area contributed by atoms with Crippen LogP contribution in [0, 0.1) is 0 Å².